The minimum atomic E-state index is -0.347. The summed E-state index contributed by atoms with van der Waals surface area (Å²) in [5.74, 6) is 0.0238. The Hall–Kier alpha value is -0.630. The first-order chi connectivity index (χ1) is 4.13. The molecule has 1 atom stereocenters. The SMILES string of the molecule is CC(=O)C=CCC(C)O. The molecule has 0 amide bonds. The first-order valence-corrected chi connectivity index (χ1v) is 2.98. The van der Waals surface area contributed by atoms with Crippen molar-refractivity contribution < 1.29 is 9.90 Å². The zero-order valence-corrected chi connectivity index (χ0v) is 5.79. The van der Waals surface area contributed by atoms with Gasteiger partial charge in [0.05, 0.1) is 6.10 Å². The molecule has 52 valence electrons. The van der Waals surface area contributed by atoms with Gasteiger partial charge in [-0.2, -0.15) is 0 Å². The largest absolute Gasteiger partial charge is 0.393 e. The Kier molecular flexibility index (Phi) is 3.97. The fourth-order valence-electron chi connectivity index (χ4n) is 0.431. The molecule has 0 aromatic heterocycles. The van der Waals surface area contributed by atoms with Crippen molar-refractivity contribution in [3.8, 4) is 0 Å². The Morgan fingerprint density at radius 1 is 1.78 bits per heavy atom. The van der Waals surface area contributed by atoms with E-state index in [9.17, 15) is 4.79 Å². The second-order valence-corrected chi connectivity index (χ2v) is 2.10. The number of hydrogen-bond acceptors (Lipinski definition) is 2. The number of ketones is 1. The van der Waals surface area contributed by atoms with Gasteiger partial charge in [-0.3, -0.25) is 4.79 Å². The van der Waals surface area contributed by atoms with Gasteiger partial charge in [0.15, 0.2) is 5.78 Å². The number of aliphatic hydroxyl groups is 1. The molecule has 0 aliphatic carbocycles. The minimum absolute atomic E-state index is 0.0238. The fourth-order valence-corrected chi connectivity index (χ4v) is 0.431. The molecule has 0 spiro atoms. The molecule has 0 bridgehead atoms. The van der Waals surface area contributed by atoms with Gasteiger partial charge in [-0.1, -0.05) is 6.08 Å². The smallest absolute Gasteiger partial charge is 0.152 e. The van der Waals surface area contributed by atoms with Crippen LogP contribution in [0.1, 0.15) is 20.3 Å². The highest BCUT2D eigenvalue weighted by Gasteiger charge is 1.88. The van der Waals surface area contributed by atoms with Crippen LogP contribution >= 0.6 is 0 Å². The number of carbonyl (C=O) groups is 1. The summed E-state index contributed by atoms with van der Waals surface area (Å²) in [7, 11) is 0. The van der Waals surface area contributed by atoms with Gasteiger partial charge in [0.1, 0.15) is 0 Å². The average Bonchev–Trinajstić information content (AvgIpc) is 1.63. The molecule has 0 aromatic rings. The Morgan fingerprint density at radius 3 is 2.67 bits per heavy atom. The maximum atomic E-state index is 10.3. The third-order valence-electron chi connectivity index (χ3n) is 0.830. The van der Waals surface area contributed by atoms with Crippen LogP contribution in [0.2, 0.25) is 0 Å². The van der Waals surface area contributed by atoms with E-state index >= 15 is 0 Å². The summed E-state index contributed by atoms with van der Waals surface area (Å²) in [5, 5.41) is 8.70. The molecular weight excluding hydrogens is 116 g/mol. The van der Waals surface area contributed by atoms with Crippen LogP contribution in [0, 0.1) is 0 Å². The maximum Gasteiger partial charge on any atom is 0.152 e. The Labute approximate surface area is 55.2 Å². The van der Waals surface area contributed by atoms with E-state index in [1.165, 1.54) is 13.0 Å². The molecule has 1 N–H and O–H groups in total. The van der Waals surface area contributed by atoms with Crippen LogP contribution < -0.4 is 0 Å². The van der Waals surface area contributed by atoms with E-state index in [1.807, 2.05) is 0 Å². The average molecular weight is 128 g/mol. The molecule has 1 unspecified atom stereocenters. The van der Waals surface area contributed by atoms with Crippen molar-refractivity contribution >= 4 is 5.78 Å². The zero-order chi connectivity index (χ0) is 7.28. The van der Waals surface area contributed by atoms with Crippen LogP contribution in [0.3, 0.4) is 0 Å². The first-order valence-electron chi connectivity index (χ1n) is 2.98. The first kappa shape index (κ1) is 8.37. The Bertz CT molecular complexity index is 114. The van der Waals surface area contributed by atoms with Gasteiger partial charge in [-0.15, -0.1) is 0 Å². The van der Waals surface area contributed by atoms with Crippen LogP contribution in [0.5, 0.6) is 0 Å². The van der Waals surface area contributed by atoms with E-state index in [0.717, 1.165) is 0 Å². The molecule has 0 aliphatic heterocycles. The normalized spacial score (nSPS) is 14.1. The van der Waals surface area contributed by atoms with Crippen molar-refractivity contribution in [3.63, 3.8) is 0 Å². The lowest BCUT2D eigenvalue weighted by atomic mass is 10.2. The van der Waals surface area contributed by atoms with Crippen molar-refractivity contribution in [2.45, 2.75) is 26.4 Å². The molecule has 0 saturated heterocycles. The van der Waals surface area contributed by atoms with E-state index in [4.69, 9.17) is 5.11 Å². The molecule has 0 aromatic carbocycles. The lowest BCUT2D eigenvalue weighted by Crippen LogP contribution is -1.95. The van der Waals surface area contributed by atoms with Gasteiger partial charge >= 0.3 is 0 Å². The highest BCUT2D eigenvalue weighted by molar-refractivity contribution is 5.87. The lowest BCUT2D eigenvalue weighted by molar-refractivity contribution is -0.112. The zero-order valence-electron chi connectivity index (χ0n) is 5.79. The summed E-state index contributed by atoms with van der Waals surface area (Å²) in [5.41, 5.74) is 0. The highest BCUT2D eigenvalue weighted by Crippen LogP contribution is 1.90. The second-order valence-electron chi connectivity index (χ2n) is 2.10. The predicted molar refractivity (Wildman–Crippen MR) is 36.1 cm³/mol. The van der Waals surface area contributed by atoms with Crippen LogP contribution in [0.15, 0.2) is 12.2 Å². The monoisotopic (exact) mass is 128 g/mol. The van der Waals surface area contributed by atoms with Gasteiger partial charge in [0, 0.05) is 0 Å². The summed E-state index contributed by atoms with van der Waals surface area (Å²) in [6.45, 7) is 3.17. The third-order valence-corrected chi connectivity index (χ3v) is 0.830. The molecule has 2 heteroatoms. The molecule has 0 fully saturated rings. The van der Waals surface area contributed by atoms with E-state index in [1.54, 1.807) is 13.0 Å². The van der Waals surface area contributed by atoms with Crippen LogP contribution in [-0.4, -0.2) is 17.0 Å². The molecule has 0 radical (unpaired) electrons. The molecule has 0 rings (SSSR count). The van der Waals surface area contributed by atoms with Gasteiger partial charge in [-0.25, -0.2) is 0 Å². The highest BCUT2D eigenvalue weighted by atomic mass is 16.3. The Morgan fingerprint density at radius 2 is 2.33 bits per heavy atom. The lowest BCUT2D eigenvalue weighted by Gasteiger charge is -1.94. The van der Waals surface area contributed by atoms with Crippen molar-refractivity contribution in [1.29, 1.82) is 0 Å². The number of rotatable bonds is 3. The van der Waals surface area contributed by atoms with E-state index in [0.29, 0.717) is 6.42 Å². The molecule has 0 saturated carbocycles. The number of carbonyl (C=O) groups excluding carboxylic acids is 1. The summed E-state index contributed by atoms with van der Waals surface area (Å²) in [4.78, 5) is 10.3. The quantitative estimate of drug-likeness (QED) is 0.573. The summed E-state index contributed by atoms with van der Waals surface area (Å²) >= 11 is 0. The predicted octanol–water partition coefficient (Wildman–Crippen LogP) is 0.902. The summed E-state index contributed by atoms with van der Waals surface area (Å²) < 4.78 is 0. The van der Waals surface area contributed by atoms with Crippen LogP contribution in [-0.2, 0) is 4.79 Å². The van der Waals surface area contributed by atoms with Gasteiger partial charge in [-0.05, 0) is 26.3 Å². The summed E-state index contributed by atoms with van der Waals surface area (Å²) in [6, 6.07) is 0. The minimum Gasteiger partial charge on any atom is -0.393 e. The number of aliphatic hydroxyl groups excluding tert-OH is 1. The van der Waals surface area contributed by atoms with Crippen LogP contribution in [0.25, 0.3) is 0 Å². The van der Waals surface area contributed by atoms with Gasteiger partial charge in [0.2, 0.25) is 0 Å². The van der Waals surface area contributed by atoms with Crippen molar-refractivity contribution in [2.24, 2.45) is 0 Å². The van der Waals surface area contributed by atoms with Gasteiger partial charge in [0.25, 0.3) is 0 Å². The maximum absolute atomic E-state index is 10.3. The molecule has 0 heterocycles. The van der Waals surface area contributed by atoms with Crippen molar-refractivity contribution in [1.82, 2.24) is 0 Å². The van der Waals surface area contributed by atoms with Crippen molar-refractivity contribution in [2.75, 3.05) is 0 Å². The van der Waals surface area contributed by atoms with E-state index in [-0.39, 0.29) is 11.9 Å². The Balaban J connectivity index is 3.36. The third kappa shape index (κ3) is 7.37. The number of allylic oxidation sites excluding steroid dienone is 1. The number of hydrogen-bond donors (Lipinski definition) is 1. The molecule has 2 nitrogen and oxygen atoms in total. The molecule has 0 aliphatic rings. The van der Waals surface area contributed by atoms with Crippen LogP contribution in [0.4, 0.5) is 0 Å². The summed E-state index contributed by atoms with van der Waals surface area (Å²) in [6.07, 6.45) is 3.35. The fraction of sp³-hybridized carbons (Fsp3) is 0.571. The van der Waals surface area contributed by atoms with E-state index in [2.05, 4.69) is 0 Å². The van der Waals surface area contributed by atoms with E-state index < -0.39 is 0 Å². The van der Waals surface area contributed by atoms with Gasteiger partial charge < -0.3 is 5.11 Å². The second kappa shape index (κ2) is 4.27. The topological polar surface area (TPSA) is 37.3 Å². The standard InChI is InChI=1S/C7H12O2/c1-6(8)4-3-5-7(2)9/h3-4,7,9H,5H2,1-2H3. The molecule has 9 heavy (non-hydrogen) atoms. The molecular formula is C7H12O2. The van der Waals surface area contributed by atoms with Crippen molar-refractivity contribution in [3.05, 3.63) is 12.2 Å².